The van der Waals surface area contributed by atoms with Crippen LogP contribution in [-0.4, -0.2) is 18.0 Å². The Bertz CT molecular complexity index is 991. The Morgan fingerprint density at radius 2 is 1.81 bits per heavy atom. The zero-order valence-corrected chi connectivity index (χ0v) is 15.3. The molecule has 0 saturated heterocycles. The van der Waals surface area contributed by atoms with Gasteiger partial charge in [-0.15, -0.1) is 0 Å². The highest BCUT2D eigenvalue weighted by Crippen LogP contribution is 2.25. The highest BCUT2D eigenvalue weighted by molar-refractivity contribution is 5.95. The van der Waals surface area contributed by atoms with Gasteiger partial charge in [0.15, 0.2) is 6.10 Å². The third-order valence-electron chi connectivity index (χ3n) is 4.39. The second kappa shape index (κ2) is 7.61. The quantitative estimate of drug-likeness (QED) is 0.681. The fourth-order valence-corrected chi connectivity index (χ4v) is 2.70. The number of fused-ring (bicyclic) bond motifs is 1. The number of furan rings is 1. The summed E-state index contributed by atoms with van der Waals surface area (Å²) in [5, 5.41) is 3.43. The lowest BCUT2D eigenvalue weighted by Crippen LogP contribution is -2.30. The van der Waals surface area contributed by atoms with Crippen molar-refractivity contribution in [3.8, 4) is 0 Å². The Labute approximate surface area is 156 Å². The van der Waals surface area contributed by atoms with Crippen LogP contribution >= 0.6 is 0 Å². The number of nitrogens with one attached hydrogen (secondary N) is 1. The first-order valence-electron chi connectivity index (χ1n) is 8.56. The molecule has 0 saturated carbocycles. The van der Waals surface area contributed by atoms with E-state index in [-0.39, 0.29) is 6.42 Å². The number of carbonyl (C=O) groups excluding carboxylic acids is 2. The molecule has 1 heterocycles. The van der Waals surface area contributed by atoms with E-state index >= 15 is 0 Å². The van der Waals surface area contributed by atoms with Crippen molar-refractivity contribution >= 4 is 28.5 Å². The molecule has 0 aliphatic carbocycles. The third kappa shape index (κ3) is 4.34. The normalized spacial score (nSPS) is 12.0. The highest BCUT2D eigenvalue weighted by atomic mass is 19.1. The molecule has 1 amide bonds. The van der Waals surface area contributed by atoms with Gasteiger partial charge in [0.25, 0.3) is 5.91 Å². The van der Waals surface area contributed by atoms with Crippen molar-refractivity contribution in [2.45, 2.75) is 33.3 Å². The molecule has 0 bridgehead atoms. The number of rotatable bonds is 5. The number of benzene rings is 2. The van der Waals surface area contributed by atoms with Crippen LogP contribution in [0.1, 0.15) is 23.6 Å². The average Bonchev–Trinajstić information content (AvgIpc) is 2.98. The van der Waals surface area contributed by atoms with Crippen molar-refractivity contribution in [2.24, 2.45) is 0 Å². The summed E-state index contributed by atoms with van der Waals surface area (Å²) in [6.45, 7) is 5.47. The van der Waals surface area contributed by atoms with E-state index in [1.54, 1.807) is 0 Å². The summed E-state index contributed by atoms with van der Waals surface area (Å²) in [5.41, 5.74) is 4.06. The first-order valence-corrected chi connectivity index (χ1v) is 8.56. The zero-order valence-electron chi connectivity index (χ0n) is 15.3. The lowest BCUT2D eigenvalue weighted by Gasteiger charge is -2.13. The number of ether oxygens (including phenoxy) is 1. The molecule has 0 radical (unpaired) electrons. The topological polar surface area (TPSA) is 68.5 Å². The molecule has 1 atom stereocenters. The molecule has 1 aromatic heterocycles. The first kappa shape index (κ1) is 18.6. The van der Waals surface area contributed by atoms with Crippen LogP contribution in [0.4, 0.5) is 10.1 Å². The maximum absolute atomic E-state index is 12.9. The van der Waals surface area contributed by atoms with Crippen LogP contribution in [0.2, 0.25) is 0 Å². The molecular weight excluding hydrogens is 349 g/mol. The summed E-state index contributed by atoms with van der Waals surface area (Å²) >= 11 is 0. The smallest absolute Gasteiger partial charge is 0.311 e. The fourth-order valence-electron chi connectivity index (χ4n) is 2.70. The monoisotopic (exact) mass is 369 g/mol. The van der Waals surface area contributed by atoms with Crippen LogP contribution in [-0.2, 0) is 20.7 Å². The van der Waals surface area contributed by atoms with Gasteiger partial charge in [0.1, 0.15) is 11.4 Å². The molecule has 140 valence electrons. The van der Waals surface area contributed by atoms with Crippen LogP contribution in [0.3, 0.4) is 0 Å². The molecule has 0 spiro atoms. The maximum atomic E-state index is 12.9. The molecular formula is C21H20FNO4. The molecule has 0 aliphatic heterocycles. The number of halogens is 1. The minimum atomic E-state index is -0.982. The summed E-state index contributed by atoms with van der Waals surface area (Å²) in [5.74, 6) is -1.42. The number of amides is 1. The van der Waals surface area contributed by atoms with Crippen LogP contribution in [0.15, 0.2) is 47.1 Å². The highest BCUT2D eigenvalue weighted by Gasteiger charge is 2.20. The van der Waals surface area contributed by atoms with Gasteiger partial charge in [0, 0.05) is 16.6 Å². The molecule has 5 nitrogen and oxygen atoms in total. The molecule has 6 heteroatoms. The number of hydrogen-bond acceptors (Lipinski definition) is 4. The van der Waals surface area contributed by atoms with Crippen LogP contribution < -0.4 is 5.32 Å². The van der Waals surface area contributed by atoms with Gasteiger partial charge in [-0.3, -0.25) is 9.59 Å². The second-order valence-corrected chi connectivity index (χ2v) is 6.50. The molecule has 3 rings (SSSR count). The lowest BCUT2D eigenvalue weighted by atomic mass is 10.0. The maximum Gasteiger partial charge on any atom is 0.311 e. The SMILES string of the molecule is Cc1cc2occ(CC(=O)O[C@@H](C)C(=O)Nc3ccc(F)cc3)c2cc1C. The molecule has 0 aliphatic rings. The number of hydrogen-bond donors (Lipinski definition) is 1. The van der Waals surface area contributed by atoms with Gasteiger partial charge < -0.3 is 14.5 Å². The predicted octanol–water partition coefficient (Wildman–Crippen LogP) is 4.30. The van der Waals surface area contributed by atoms with Gasteiger partial charge >= 0.3 is 5.97 Å². The van der Waals surface area contributed by atoms with Gasteiger partial charge in [0.2, 0.25) is 0 Å². The standard InChI is InChI=1S/C21H20FNO4/c1-12-8-18-15(11-26-19(18)9-13(12)2)10-20(24)27-14(3)21(25)23-17-6-4-16(22)5-7-17/h4-9,11,14H,10H2,1-3H3,(H,23,25)/t14-/m0/s1. The van der Waals surface area contributed by atoms with Crippen molar-refractivity contribution in [3.63, 3.8) is 0 Å². The lowest BCUT2D eigenvalue weighted by molar-refractivity contribution is -0.152. The molecule has 0 fully saturated rings. The Balaban J connectivity index is 1.62. The Morgan fingerprint density at radius 1 is 1.15 bits per heavy atom. The van der Waals surface area contributed by atoms with Crippen LogP contribution in [0.25, 0.3) is 11.0 Å². The van der Waals surface area contributed by atoms with E-state index in [2.05, 4.69) is 5.32 Å². The minimum absolute atomic E-state index is 0.00364. The van der Waals surface area contributed by atoms with Crippen molar-refractivity contribution in [3.05, 3.63) is 65.2 Å². The molecule has 2 aromatic carbocycles. The minimum Gasteiger partial charge on any atom is -0.464 e. The van der Waals surface area contributed by atoms with Crippen LogP contribution in [0.5, 0.6) is 0 Å². The van der Waals surface area contributed by atoms with Gasteiger partial charge in [-0.1, -0.05) is 0 Å². The summed E-state index contributed by atoms with van der Waals surface area (Å²) in [6, 6.07) is 9.24. The van der Waals surface area contributed by atoms with E-state index in [1.165, 1.54) is 37.5 Å². The molecule has 0 unspecified atom stereocenters. The molecule has 27 heavy (non-hydrogen) atoms. The molecule has 3 aromatic rings. The Kier molecular flexibility index (Phi) is 5.26. The number of anilines is 1. The van der Waals surface area contributed by atoms with Gasteiger partial charge in [-0.2, -0.15) is 0 Å². The van der Waals surface area contributed by atoms with E-state index in [0.717, 1.165) is 16.5 Å². The summed E-state index contributed by atoms with van der Waals surface area (Å²) in [4.78, 5) is 24.4. The number of carbonyl (C=O) groups is 2. The van der Waals surface area contributed by atoms with Crippen molar-refractivity contribution < 1.29 is 23.1 Å². The van der Waals surface area contributed by atoms with Gasteiger partial charge in [-0.05, 0) is 68.3 Å². The fraction of sp³-hybridized carbons (Fsp3) is 0.238. The van der Waals surface area contributed by atoms with Gasteiger partial charge in [0.05, 0.1) is 12.7 Å². The third-order valence-corrected chi connectivity index (χ3v) is 4.39. The van der Waals surface area contributed by atoms with Crippen molar-refractivity contribution in [1.29, 1.82) is 0 Å². The van der Waals surface area contributed by atoms with Crippen molar-refractivity contribution in [1.82, 2.24) is 0 Å². The van der Waals surface area contributed by atoms with E-state index in [4.69, 9.17) is 9.15 Å². The van der Waals surface area contributed by atoms with E-state index in [0.29, 0.717) is 16.8 Å². The Morgan fingerprint density at radius 3 is 2.52 bits per heavy atom. The summed E-state index contributed by atoms with van der Waals surface area (Å²) in [7, 11) is 0. The van der Waals surface area contributed by atoms with Gasteiger partial charge in [-0.25, -0.2) is 4.39 Å². The Hall–Kier alpha value is -3.15. The number of aryl methyl sites for hydroxylation is 2. The average molecular weight is 369 g/mol. The zero-order chi connectivity index (χ0) is 19.6. The van der Waals surface area contributed by atoms with E-state index in [1.807, 2.05) is 26.0 Å². The predicted molar refractivity (Wildman–Crippen MR) is 100.0 cm³/mol. The summed E-state index contributed by atoms with van der Waals surface area (Å²) < 4.78 is 23.6. The second-order valence-electron chi connectivity index (χ2n) is 6.50. The van der Waals surface area contributed by atoms with Crippen LogP contribution in [0, 0.1) is 19.7 Å². The first-order chi connectivity index (χ1) is 12.8. The molecule has 1 N–H and O–H groups in total. The largest absolute Gasteiger partial charge is 0.464 e. The van der Waals surface area contributed by atoms with E-state index < -0.39 is 23.8 Å². The van der Waals surface area contributed by atoms with E-state index in [9.17, 15) is 14.0 Å². The number of esters is 1. The van der Waals surface area contributed by atoms with Crippen molar-refractivity contribution in [2.75, 3.05) is 5.32 Å². The summed E-state index contributed by atoms with van der Waals surface area (Å²) in [6.07, 6.45) is 0.558.